The topological polar surface area (TPSA) is 102 Å². The lowest BCUT2D eigenvalue weighted by Crippen LogP contribution is -2.41. The van der Waals surface area contributed by atoms with E-state index in [1.165, 1.54) is 15.9 Å². The first-order valence-corrected chi connectivity index (χ1v) is 10.2. The average molecular weight is 422 g/mol. The number of urea groups is 1. The smallest absolute Gasteiger partial charge is 0.319 e. The van der Waals surface area contributed by atoms with Gasteiger partial charge in [0.05, 0.1) is 12.1 Å². The van der Waals surface area contributed by atoms with E-state index in [4.69, 9.17) is 0 Å². The van der Waals surface area contributed by atoms with E-state index in [2.05, 4.69) is 15.5 Å². The molecule has 0 saturated carbocycles. The normalized spacial score (nSPS) is 19.2. The lowest BCUT2D eigenvalue weighted by molar-refractivity contribution is -0.131. The zero-order valence-corrected chi connectivity index (χ0v) is 17.4. The summed E-state index contributed by atoms with van der Waals surface area (Å²) in [4.78, 5) is 39.7. The van der Waals surface area contributed by atoms with Crippen LogP contribution in [0.25, 0.3) is 16.0 Å². The van der Waals surface area contributed by atoms with Crippen molar-refractivity contribution in [3.8, 4) is 0 Å². The number of amides is 3. The molecule has 3 amide bonds. The highest BCUT2D eigenvalue weighted by Gasteiger charge is 2.49. The molecule has 9 nitrogen and oxygen atoms in total. The van der Waals surface area contributed by atoms with Crippen molar-refractivity contribution in [2.75, 3.05) is 0 Å². The molecule has 1 aromatic carbocycles. The zero-order valence-electron chi connectivity index (χ0n) is 16.5. The highest BCUT2D eigenvalue weighted by Crippen LogP contribution is 2.32. The van der Waals surface area contributed by atoms with Gasteiger partial charge in [0, 0.05) is 7.05 Å². The Morgan fingerprint density at radius 2 is 1.90 bits per heavy atom. The number of benzene rings is 1. The first kappa shape index (κ1) is 18.5. The SMILES string of the molecule is Cc1ccccc1C1(C)NC(=O)N(Cc2nnc3n(C)c(=O)c4sccc4n23)C1=O. The molecule has 1 atom stereocenters. The van der Waals surface area contributed by atoms with Crippen molar-refractivity contribution in [3.05, 3.63) is 63.0 Å². The molecule has 1 aliphatic rings. The molecule has 1 fully saturated rings. The number of aryl methyl sites for hydroxylation is 2. The minimum atomic E-state index is -1.16. The Morgan fingerprint density at radius 1 is 1.13 bits per heavy atom. The summed E-state index contributed by atoms with van der Waals surface area (Å²) < 4.78 is 3.70. The van der Waals surface area contributed by atoms with Gasteiger partial charge in [-0.05, 0) is 36.4 Å². The van der Waals surface area contributed by atoms with E-state index < -0.39 is 11.6 Å². The molecular formula is C20H18N6O3S. The number of hydrogen-bond acceptors (Lipinski definition) is 6. The number of carbonyl (C=O) groups is 2. The molecule has 4 heterocycles. The quantitative estimate of drug-likeness (QED) is 0.508. The van der Waals surface area contributed by atoms with E-state index in [0.717, 1.165) is 16.0 Å². The molecule has 152 valence electrons. The number of nitrogens with zero attached hydrogens (tertiary/aromatic N) is 5. The molecule has 0 spiro atoms. The second-order valence-corrected chi connectivity index (χ2v) is 8.43. The van der Waals surface area contributed by atoms with Gasteiger partial charge in [-0.25, -0.2) is 4.79 Å². The monoisotopic (exact) mass is 422 g/mol. The van der Waals surface area contributed by atoms with E-state index in [-0.39, 0.29) is 18.0 Å². The first-order chi connectivity index (χ1) is 14.3. The number of carbonyl (C=O) groups excluding carboxylic acids is 2. The van der Waals surface area contributed by atoms with Crippen molar-refractivity contribution in [2.24, 2.45) is 7.05 Å². The van der Waals surface area contributed by atoms with Gasteiger partial charge in [-0.3, -0.25) is 23.5 Å². The summed E-state index contributed by atoms with van der Waals surface area (Å²) in [6.07, 6.45) is 0. The summed E-state index contributed by atoms with van der Waals surface area (Å²) in [7, 11) is 1.62. The molecule has 0 aliphatic carbocycles. The van der Waals surface area contributed by atoms with Crippen molar-refractivity contribution in [1.82, 2.24) is 29.4 Å². The van der Waals surface area contributed by atoms with Gasteiger partial charge < -0.3 is 5.32 Å². The minimum absolute atomic E-state index is 0.0591. The van der Waals surface area contributed by atoms with Crippen LogP contribution in [-0.2, 0) is 23.9 Å². The zero-order chi connectivity index (χ0) is 21.2. The van der Waals surface area contributed by atoms with E-state index >= 15 is 0 Å². The van der Waals surface area contributed by atoms with Gasteiger partial charge in [-0.15, -0.1) is 21.5 Å². The van der Waals surface area contributed by atoms with Crippen molar-refractivity contribution in [3.63, 3.8) is 0 Å². The molecule has 4 aromatic rings. The predicted molar refractivity (Wildman–Crippen MR) is 111 cm³/mol. The second kappa shape index (κ2) is 6.23. The van der Waals surface area contributed by atoms with Crippen LogP contribution in [0.5, 0.6) is 0 Å². The van der Waals surface area contributed by atoms with Crippen LogP contribution in [-0.4, -0.2) is 36.0 Å². The van der Waals surface area contributed by atoms with Crippen molar-refractivity contribution >= 4 is 39.3 Å². The van der Waals surface area contributed by atoms with Gasteiger partial charge >= 0.3 is 6.03 Å². The Labute approximate surface area is 174 Å². The minimum Gasteiger partial charge on any atom is -0.319 e. The molecule has 1 unspecified atom stereocenters. The highest BCUT2D eigenvalue weighted by molar-refractivity contribution is 7.17. The van der Waals surface area contributed by atoms with Gasteiger partial charge in [0.15, 0.2) is 5.82 Å². The summed E-state index contributed by atoms with van der Waals surface area (Å²) in [6, 6.07) is 8.80. The van der Waals surface area contributed by atoms with E-state index in [1.807, 2.05) is 42.6 Å². The number of hydrogen-bond donors (Lipinski definition) is 1. The number of aromatic nitrogens is 4. The van der Waals surface area contributed by atoms with E-state index in [1.54, 1.807) is 18.4 Å². The van der Waals surface area contributed by atoms with Crippen LogP contribution in [0.15, 0.2) is 40.5 Å². The summed E-state index contributed by atoms with van der Waals surface area (Å²) in [6.45, 7) is 3.55. The first-order valence-electron chi connectivity index (χ1n) is 9.33. The molecule has 1 N–H and O–H groups in total. The predicted octanol–water partition coefficient (Wildman–Crippen LogP) is 1.92. The largest absolute Gasteiger partial charge is 0.325 e. The van der Waals surface area contributed by atoms with Gasteiger partial charge in [-0.2, -0.15) is 0 Å². The Balaban J connectivity index is 1.60. The fourth-order valence-electron chi connectivity index (χ4n) is 4.05. The number of fused-ring (bicyclic) bond motifs is 3. The second-order valence-electron chi connectivity index (χ2n) is 7.51. The Hall–Kier alpha value is -3.53. The van der Waals surface area contributed by atoms with Crippen LogP contribution < -0.4 is 10.9 Å². The van der Waals surface area contributed by atoms with E-state index in [0.29, 0.717) is 21.8 Å². The Morgan fingerprint density at radius 3 is 2.67 bits per heavy atom. The molecule has 0 radical (unpaired) electrons. The molecule has 0 bridgehead atoms. The standard InChI is InChI=1S/C20H18N6O3S/c1-11-6-4-5-7-12(11)20(2)17(28)25(19(29)21-20)10-14-22-23-18-24(3)16(27)15-13(26(14)18)8-9-30-15/h4-9H,10H2,1-3H3,(H,21,29). The average Bonchev–Trinajstić information content (AvgIpc) is 3.41. The fraction of sp³-hybridized carbons (Fsp3) is 0.250. The summed E-state index contributed by atoms with van der Waals surface area (Å²) >= 11 is 1.33. The van der Waals surface area contributed by atoms with Crippen LogP contribution in [0.1, 0.15) is 23.9 Å². The van der Waals surface area contributed by atoms with Crippen molar-refractivity contribution in [2.45, 2.75) is 25.9 Å². The van der Waals surface area contributed by atoms with Crippen LogP contribution in [0.4, 0.5) is 4.79 Å². The summed E-state index contributed by atoms with van der Waals surface area (Å²) in [5, 5.41) is 12.9. The molecule has 1 saturated heterocycles. The maximum atomic E-state index is 13.3. The third-order valence-electron chi connectivity index (χ3n) is 5.66. The molecule has 30 heavy (non-hydrogen) atoms. The van der Waals surface area contributed by atoms with Gasteiger partial charge in [0.25, 0.3) is 11.5 Å². The third kappa shape index (κ3) is 2.37. The highest BCUT2D eigenvalue weighted by atomic mass is 32.1. The Kier molecular flexibility index (Phi) is 3.84. The molecule has 3 aromatic heterocycles. The maximum Gasteiger partial charge on any atom is 0.325 e. The summed E-state index contributed by atoms with van der Waals surface area (Å²) in [5.41, 5.74) is 1.01. The summed E-state index contributed by atoms with van der Waals surface area (Å²) in [5.74, 6) is 0.404. The van der Waals surface area contributed by atoms with Crippen LogP contribution in [0, 0.1) is 6.92 Å². The number of nitrogens with one attached hydrogen (secondary N) is 1. The number of rotatable bonds is 3. The van der Waals surface area contributed by atoms with Gasteiger partial charge in [-0.1, -0.05) is 24.3 Å². The van der Waals surface area contributed by atoms with Gasteiger partial charge in [0.2, 0.25) is 5.78 Å². The lowest BCUT2D eigenvalue weighted by atomic mass is 9.88. The van der Waals surface area contributed by atoms with Crippen LogP contribution in [0.2, 0.25) is 0 Å². The maximum absolute atomic E-state index is 13.3. The number of imide groups is 1. The van der Waals surface area contributed by atoms with Gasteiger partial charge in [0.1, 0.15) is 10.2 Å². The molecule has 10 heteroatoms. The van der Waals surface area contributed by atoms with E-state index in [9.17, 15) is 14.4 Å². The number of thiophene rings is 1. The van der Waals surface area contributed by atoms with Crippen LogP contribution >= 0.6 is 11.3 Å². The molecule has 1 aliphatic heterocycles. The van der Waals surface area contributed by atoms with Crippen LogP contribution in [0.3, 0.4) is 0 Å². The Bertz CT molecular complexity index is 1420. The van der Waals surface area contributed by atoms with Crippen molar-refractivity contribution in [1.29, 1.82) is 0 Å². The third-order valence-corrected chi connectivity index (χ3v) is 6.55. The molecule has 5 rings (SSSR count). The fourth-order valence-corrected chi connectivity index (χ4v) is 4.90. The lowest BCUT2D eigenvalue weighted by Gasteiger charge is -2.24. The molecular weight excluding hydrogens is 404 g/mol. The van der Waals surface area contributed by atoms with Crippen molar-refractivity contribution < 1.29 is 9.59 Å².